The number of fused-ring (bicyclic) bond motifs is 1. The van der Waals surface area contributed by atoms with Gasteiger partial charge in [-0.1, -0.05) is 6.07 Å². The molecule has 0 saturated carbocycles. The lowest BCUT2D eigenvalue weighted by atomic mass is 9.92. The highest BCUT2D eigenvalue weighted by atomic mass is 16.5. The van der Waals surface area contributed by atoms with E-state index in [0.717, 1.165) is 28.8 Å². The van der Waals surface area contributed by atoms with Crippen molar-refractivity contribution in [3.8, 4) is 0 Å². The summed E-state index contributed by atoms with van der Waals surface area (Å²) in [4.78, 5) is 31.8. The predicted octanol–water partition coefficient (Wildman–Crippen LogP) is 2.99. The number of nitrogens with zero attached hydrogens (tertiary/aromatic N) is 3. The number of aryl methyl sites for hydroxylation is 2. The van der Waals surface area contributed by atoms with E-state index < -0.39 is 5.97 Å². The molecule has 0 amide bonds. The molecule has 0 fully saturated rings. The number of hydrogen-bond acceptors (Lipinski definition) is 5. The summed E-state index contributed by atoms with van der Waals surface area (Å²) in [5, 5.41) is 0. The average Bonchev–Trinajstić information content (AvgIpc) is 2.98. The molecule has 0 aromatic carbocycles. The van der Waals surface area contributed by atoms with Crippen molar-refractivity contribution >= 4 is 11.8 Å². The van der Waals surface area contributed by atoms with Crippen molar-refractivity contribution in [2.75, 3.05) is 20.7 Å². The van der Waals surface area contributed by atoms with Crippen molar-refractivity contribution in [3.63, 3.8) is 0 Å². The molecular weight excluding hydrogens is 342 g/mol. The summed E-state index contributed by atoms with van der Waals surface area (Å²) in [7, 11) is 3.80. The Hall–Kier alpha value is -2.89. The van der Waals surface area contributed by atoms with Gasteiger partial charge in [0.2, 0.25) is 5.78 Å². The van der Waals surface area contributed by atoms with Crippen LogP contribution in [0.15, 0.2) is 36.2 Å². The average molecular weight is 367 g/mol. The first-order chi connectivity index (χ1) is 12.9. The number of ether oxygens (including phenoxy) is 1. The van der Waals surface area contributed by atoms with Gasteiger partial charge in [-0.3, -0.25) is 9.78 Å². The number of carbonyl (C=O) groups excluding carboxylic acids is 2. The Morgan fingerprint density at radius 1 is 1.33 bits per heavy atom. The van der Waals surface area contributed by atoms with Crippen LogP contribution in [0.4, 0.5) is 0 Å². The van der Waals surface area contributed by atoms with Crippen LogP contribution in [0.3, 0.4) is 0 Å². The summed E-state index contributed by atoms with van der Waals surface area (Å²) >= 11 is 0. The smallest absolute Gasteiger partial charge is 0.354 e. The van der Waals surface area contributed by atoms with Gasteiger partial charge in [0.15, 0.2) is 0 Å². The monoisotopic (exact) mass is 367 g/mol. The van der Waals surface area contributed by atoms with E-state index in [1.807, 2.05) is 44.3 Å². The molecule has 142 valence electrons. The second-order valence-corrected chi connectivity index (χ2v) is 6.96. The standard InChI is InChI=1S/C21H25N3O3/c1-5-27-21(26)18-10-16-8-9-17(13-23(3)4)20(25)19(16)24(18)12-15-7-6-14(2)22-11-15/h6-7,10-11,13H,5,8-9,12H2,1-4H3. The van der Waals surface area contributed by atoms with E-state index in [-0.39, 0.29) is 5.78 Å². The molecular formula is C21H25N3O3. The molecule has 0 atom stereocenters. The Kier molecular flexibility index (Phi) is 5.44. The third-order valence-corrected chi connectivity index (χ3v) is 4.56. The molecule has 3 rings (SSSR count). The molecule has 0 N–H and O–H groups in total. The van der Waals surface area contributed by atoms with Gasteiger partial charge in [0.05, 0.1) is 18.8 Å². The van der Waals surface area contributed by atoms with Crippen LogP contribution < -0.4 is 0 Å². The van der Waals surface area contributed by atoms with Gasteiger partial charge in [0.1, 0.15) is 5.69 Å². The molecule has 1 aliphatic rings. The summed E-state index contributed by atoms with van der Waals surface area (Å²) in [5.74, 6) is -0.432. The molecule has 0 radical (unpaired) electrons. The SMILES string of the molecule is CCOC(=O)c1cc2c(n1Cc1ccc(C)nc1)C(=O)C(=CN(C)C)CC2. The van der Waals surface area contributed by atoms with E-state index in [4.69, 9.17) is 4.74 Å². The van der Waals surface area contributed by atoms with E-state index in [1.165, 1.54) is 0 Å². The fraction of sp³-hybridized carbons (Fsp3) is 0.381. The van der Waals surface area contributed by atoms with Gasteiger partial charge >= 0.3 is 5.97 Å². The maximum absolute atomic E-state index is 13.1. The number of aromatic nitrogens is 2. The van der Waals surface area contributed by atoms with E-state index in [9.17, 15) is 9.59 Å². The van der Waals surface area contributed by atoms with E-state index >= 15 is 0 Å². The lowest BCUT2D eigenvalue weighted by Gasteiger charge is -2.19. The zero-order chi connectivity index (χ0) is 19.6. The summed E-state index contributed by atoms with van der Waals surface area (Å²) in [6.07, 6.45) is 5.04. The molecule has 6 nitrogen and oxygen atoms in total. The Balaban J connectivity index is 2.08. The molecule has 0 bridgehead atoms. The molecule has 0 unspecified atom stereocenters. The second kappa shape index (κ2) is 7.78. The van der Waals surface area contributed by atoms with Gasteiger partial charge in [-0.25, -0.2) is 4.79 Å². The first-order valence-corrected chi connectivity index (χ1v) is 9.13. The highest BCUT2D eigenvalue weighted by Crippen LogP contribution is 2.29. The van der Waals surface area contributed by atoms with Crippen molar-refractivity contribution in [2.24, 2.45) is 0 Å². The normalized spacial score (nSPS) is 15.0. The lowest BCUT2D eigenvalue weighted by Crippen LogP contribution is -2.22. The zero-order valence-electron chi connectivity index (χ0n) is 16.3. The molecule has 1 aliphatic carbocycles. The molecule has 0 spiro atoms. The molecule has 0 saturated heterocycles. The molecule has 27 heavy (non-hydrogen) atoms. The Labute approximate surface area is 159 Å². The fourth-order valence-electron chi connectivity index (χ4n) is 3.35. The van der Waals surface area contributed by atoms with Crippen LogP contribution >= 0.6 is 0 Å². The minimum absolute atomic E-state index is 0.0273. The number of pyridine rings is 1. The second-order valence-electron chi connectivity index (χ2n) is 6.96. The van der Waals surface area contributed by atoms with E-state index in [0.29, 0.717) is 31.0 Å². The van der Waals surface area contributed by atoms with E-state index in [2.05, 4.69) is 4.98 Å². The van der Waals surface area contributed by atoms with E-state index in [1.54, 1.807) is 23.8 Å². The highest BCUT2D eigenvalue weighted by Gasteiger charge is 2.30. The van der Waals surface area contributed by atoms with Crippen LogP contribution in [0.1, 0.15) is 51.1 Å². The maximum Gasteiger partial charge on any atom is 0.354 e. The minimum atomic E-state index is -0.405. The van der Waals surface area contributed by atoms with Gasteiger partial charge in [0, 0.05) is 37.8 Å². The van der Waals surface area contributed by atoms with Gasteiger partial charge in [-0.2, -0.15) is 0 Å². The number of ketones is 1. The first-order valence-electron chi connectivity index (χ1n) is 9.13. The van der Waals surface area contributed by atoms with Crippen LogP contribution in [-0.4, -0.2) is 46.9 Å². The molecule has 2 aromatic rings. The number of carbonyl (C=O) groups is 2. The predicted molar refractivity (Wildman–Crippen MR) is 103 cm³/mol. The number of Topliss-reactive ketones (excluding diaryl/α,β-unsaturated/α-hetero) is 1. The molecule has 2 aromatic heterocycles. The Morgan fingerprint density at radius 2 is 2.11 bits per heavy atom. The van der Waals surface area contributed by atoms with Crippen LogP contribution in [0, 0.1) is 6.92 Å². The van der Waals surface area contributed by atoms with Crippen LogP contribution in [0.5, 0.6) is 0 Å². The third kappa shape index (κ3) is 3.94. The summed E-state index contributed by atoms with van der Waals surface area (Å²) in [6, 6.07) is 5.70. The largest absolute Gasteiger partial charge is 0.461 e. The summed E-state index contributed by atoms with van der Waals surface area (Å²) in [5.41, 5.74) is 4.51. The number of rotatable bonds is 5. The molecule has 6 heteroatoms. The topological polar surface area (TPSA) is 64.4 Å². The Morgan fingerprint density at radius 3 is 2.74 bits per heavy atom. The third-order valence-electron chi connectivity index (χ3n) is 4.56. The Bertz CT molecular complexity index is 892. The van der Waals surface area contributed by atoms with Gasteiger partial charge in [0.25, 0.3) is 0 Å². The quantitative estimate of drug-likeness (QED) is 0.600. The maximum atomic E-state index is 13.1. The zero-order valence-corrected chi connectivity index (χ0v) is 16.3. The number of esters is 1. The number of hydrogen-bond donors (Lipinski definition) is 0. The van der Waals surface area contributed by atoms with Crippen molar-refractivity contribution < 1.29 is 14.3 Å². The number of allylic oxidation sites excluding steroid dienone is 1. The van der Waals surface area contributed by atoms with Crippen molar-refractivity contribution in [1.29, 1.82) is 0 Å². The molecule has 0 aliphatic heterocycles. The van der Waals surface area contributed by atoms with Crippen LogP contribution in [-0.2, 0) is 17.7 Å². The van der Waals surface area contributed by atoms with Crippen LogP contribution in [0.25, 0.3) is 0 Å². The lowest BCUT2D eigenvalue weighted by molar-refractivity contribution is 0.0514. The molecule has 2 heterocycles. The van der Waals surface area contributed by atoms with Gasteiger partial charge in [-0.15, -0.1) is 0 Å². The summed E-state index contributed by atoms with van der Waals surface area (Å²) in [6.45, 7) is 4.39. The minimum Gasteiger partial charge on any atom is -0.461 e. The first kappa shape index (κ1) is 18.9. The van der Waals surface area contributed by atoms with Crippen molar-refractivity contribution in [3.05, 3.63) is 64.4 Å². The van der Waals surface area contributed by atoms with Crippen molar-refractivity contribution in [1.82, 2.24) is 14.5 Å². The van der Waals surface area contributed by atoms with Gasteiger partial charge < -0.3 is 14.2 Å². The summed E-state index contributed by atoms with van der Waals surface area (Å²) < 4.78 is 7.00. The highest BCUT2D eigenvalue weighted by molar-refractivity contribution is 6.10. The van der Waals surface area contributed by atoms with Crippen molar-refractivity contribution in [2.45, 2.75) is 33.2 Å². The van der Waals surface area contributed by atoms with Crippen LogP contribution in [0.2, 0.25) is 0 Å². The fourth-order valence-corrected chi connectivity index (χ4v) is 3.35. The van der Waals surface area contributed by atoms with Gasteiger partial charge in [-0.05, 0) is 49.9 Å².